The van der Waals surface area contributed by atoms with Gasteiger partial charge in [0.05, 0.1) is 0 Å². The first-order chi connectivity index (χ1) is 7.17. The van der Waals surface area contributed by atoms with Gasteiger partial charge in [-0.25, -0.2) is 0 Å². The molecule has 1 rings (SSSR count). The molecule has 1 amide bonds. The van der Waals surface area contributed by atoms with Crippen LogP contribution in [0.1, 0.15) is 39.5 Å². The van der Waals surface area contributed by atoms with E-state index in [0.717, 1.165) is 37.2 Å². The summed E-state index contributed by atoms with van der Waals surface area (Å²) in [6, 6.07) is 0. The van der Waals surface area contributed by atoms with Crippen molar-refractivity contribution < 1.29 is 4.79 Å². The van der Waals surface area contributed by atoms with Gasteiger partial charge in [0, 0.05) is 24.8 Å². The van der Waals surface area contributed by atoms with E-state index in [1.54, 1.807) is 0 Å². The van der Waals surface area contributed by atoms with Crippen molar-refractivity contribution >= 4 is 21.8 Å². The summed E-state index contributed by atoms with van der Waals surface area (Å²) in [4.78, 5) is 13.9. The fourth-order valence-corrected chi connectivity index (χ4v) is 2.67. The molecule has 0 aromatic heterocycles. The van der Waals surface area contributed by atoms with Crippen LogP contribution in [0.3, 0.4) is 0 Å². The second-order valence-electron chi connectivity index (χ2n) is 4.69. The summed E-state index contributed by atoms with van der Waals surface area (Å²) in [7, 11) is 0. The first-order valence-corrected chi connectivity index (χ1v) is 7.13. The van der Waals surface area contributed by atoms with Gasteiger partial charge in [-0.05, 0) is 24.7 Å². The maximum Gasteiger partial charge on any atom is 0.222 e. The Bertz CT molecular complexity index is 208. The zero-order valence-electron chi connectivity index (χ0n) is 9.84. The fraction of sp³-hybridized carbons (Fsp3) is 0.917. The molecule has 0 aliphatic carbocycles. The van der Waals surface area contributed by atoms with Crippen molar-refractivity contribution in [3.8, 4) is 0 Å². The van der Waals surface area contributed by atoms with Gasteiger partial charge >= 0.3 is 0 Å². The minimum absolute atomic E-state index is 0.362. The standard InChI is InChI=1S/C12H22BrNO/c1-3-10(2)8-12(15)14-7-5-11(9-14)4-6-13/h10-11H,3-9H2,1-2H3. The van der Waals surface area contributed by atoms with Crippen LogP contribution in [-0.2, 0) is 4.79 Å². The van der Waals surface area contributed by atoms with Crippen molar-refractivity contribution in [2.24, 2.45) is 11.8 Å². The Labute approximate surface area is 102 Å². The van der Waals surface area contributed by atoms with Gasteiger partial charge in [0.2, 0.25) is 5.91 Å². The normalized spacial score (nSPS) is 23.1. The lowest BCUT2D eigenvalue weighted by molar-refractivity contribution is -0.131. The summed E-state index contributed by atoms with van der Waals surface area (Å²) in [5.41, 5.74) is 0. The molecule has 0 saturated carbocycles. The summed E-state index contributed by atoms with van der Waals surface area (Å²) in [5, 5.41) is 1.06. The molecule has 2 atom stereocenters. The molecule has 2 unspecified atom stereocenters. The Kier molecular flexibility index (Phi) is 5.65. The molecule has 2 nitrogen and oxygen atoms in total. The first kappa shape index (κ1) is 13.0. The largest absolute Gasteiger partial charge is 0.342 e. The van der Waals surface area contributed by atoms with Crippen LogP contribution in [-0.4, -0.2) is 29.2 Å². The first-order valence-electron chi connectivity index (χ1n) is 6.01. The predicted octanol–water partition coefficient (Wildman–Crippen LogP) is 3.06. The third kappa shape index (κ3) is 4.13. The van der Waals surface area contributed by atoms with Gasteiger partial charge in [-0.1, -0.05) is 36.2 Å². The number of amides is 1. The third-order valence-electron chi connectivity index (χ3n) is 3.38. The van der Waals surface area contributed by atoms with Crippen molar-refractivity contribution in [3.05, 3.63) is 0 Å². The summed E-state index contributed by atoms with van der Waals surface area (Å²) < 4.78 is 0. The lowest BCUT2D eigenvalue weighted by Gasteiger charge is -2.18. The second-order valence-corrected chi connectivity index (χ2v) is 5.48. The van der Waals surface area contributed by atoms with E-state index in [1.807, 2.05) is 0 Å². The number of hydrogen-bond acceptors (Lipinski definition) is 1. The number of hydrogen-bond donors (Lipinski definition) is 0. The van der Waals surface area contributed by atoms with Gasteiger partial charge in [0.1, 0.15) is 0 Å². The van der Waals surface area contributed by atoms with Crippen LogP contribution in [0.2, 0.25) is 0 Å². The van der Waals surface area contributed by atoms with Crippen molar-refractivity contribution in [3.63, 3.8) is 0 Å². The molecule has 15 heavy (non-hydrogen) atoms. The molecule has 0 bridgehead atoms. The zero-order chi connectivity index (χ0) is 11.3. The van der Waals surface area contributed by atoms with Crippen LogP contribution < -0.4 is 0 Å². The molecule has 88 valence electrons. The van der Waals surface area contributed by atoms with E-state index in [4.69, 9.17) is 0 Å². The zero-order valence-corrected chi connectivity index (χ0v) is 11.4. The minimum Gasteiger partial charge on any atom is -0.342 e. The predicted molar refractivity (Wildman–Crippen MR) is 67.2 cm³/mol. The Balaban J connectivity index is 2.30. The number of likely N-dealkylation sites (tertiary alicyclic amines) is 1. The molecule has 1 saturated heterocycles. The molecule has 1 heterocycles. The van der Waals surface area contributed by atoms with E-state index in [1.165, 1.54) is 12.8 Å². The number of carbonyl (C=O) groups excluding carboxylic acids is 1. The number of halogens is 1. The number of rotatable bonds is 5. The van der Waals surface area contributed by atoms with Gasteiger partial charge in [-0.3, -0.25) is 4.79 Å². The number of alkyl halides is 1. The monoisotopic (exact) mass is 275 g/mol. The molecule has 1 aliphatic rings. The average molecular weight is 276 g/mol. The number of nitrogens with zero attached hydrogens (tertiary/aromatic N) is 1. The van der Waals surface area contributed by atoms with Crippen molar-refractivity contribution in [2.45, 2.75) is 39.5 Å². The molecule has 0 aromatic carbocycles. The molecule has 1 aliphatic heterocycles. The maximum atomic E-state index is 11.9. The highest BCUT2D eigenvalue weighted by Crippen LogP contribution is 2.22. The highest BCUT2D eigenvalue weighted by molar-refractivity contribution is 9.09. The Hall–Kier alpha value is -0.0500. The third-order valence-corrected chi connectivity index (χ3v) is 3.83. The van der Waals surface area contributed by atoms with Crippen LogP contribution in [0.4, 0.5) is 0 Å². The van der Waals surface area contributed by atoms with Crippen LogP contribution >= 0.6 is 15.9 Å². The van der Waals surface area contributed by atoms with E-state index in [2.05, 4.69) is 34.7 Å². The smallest absolute Gasteiger partial charge is 0.222 e. The van der Waals surface area contributed by atoms with E-state index in [9.17, 15) is 4.79 Å². The summed E-state index contributed by atoms with van der Waals surface area (Å²) in [6.07, 6.45) is 4.23. The molecule has 1 fully saturated rings. The van der Waals surface area contributed by atoms with Gasteiger partial charge in [-0.2, -0.15) is 0 Å². The Morgan fingerprint density at radius 2 is 2.33 bits per heavy atom. The molecule has 3 heteroatoms. The topological polar surface area (TPSA) is 20.3 Å². The second kappa shape index (κ2) is 6.51. The maximum absolute atomic E-state index is 11.9. The minimum atomic E-state index is 0.362. The molecular weight excluding hydrogens is 254 g/mol. The molecule has 0 spiro atoms. The van der Waals surface area contributed by atoms with Gasteiger partial charge in [-0.15, -0.1) is 0 Å². The average Bonchev–Trinajstić information content (AvgIpc) is 2.67. The fourth-order valence-electron chi connectivity index (χ4n) is 2.02. The Morgan fingerprint density at radius 3 is 2.93 bits per heavy atom. The summed E-state index contributed by atoms with van der Waals surface area (Å²) in [5.74, 6) is 1.62. The van der Waals surface area contributed by atoms with E-state index in [-0.39, 0.29) is 0 Å². The van der Waals surface area contributed by atoms with Crippen LogP contribution in [0.5, 0.6) is 0 Å². The quantitative estimate of drug-likeness (QED) is 0.707. The van der Waals surface area contributed by atoms with Crippen molar-refractivity contribution in [1.29, 1.82) is 0 Å². The van der Waals surface area contributed by atoms with Crippen LogP contribution in [0.25, 0.3) is 0 Å². The van der Waals surface area contributed by atoms with Crippen molar-refractivity contribution in [2.75, 3.05) is 18.4 Å². The lowest BCUT2D eigenvalue weighted by Crippen LogP contribution is -2.29. The van der Waals surface area contributed by atoms with E-state index >= 15 is 0 Å². The highest BCUT2D eigenvalue weighted by Gasteiger charge is 2.25. The Morgan fingerprint density at radius 1 is 1.60 bits per heavy atom. The molecule has 0 radical (unpaired) electrons. The van der Waals surface area contributed by atoms with E-state index in [0.29, 0.717) is 11.8 Å². The van der Waals surface area contributed by atoms with Crippen LogP contribution in [0, 0.1) is 11.8 Å². The van der Waals surface area contributed by atoms with E-state index < -0.39 is 0 Å². The lowest BCUT2D eigenvalue weighted by atomic mass is 10.0. The molecule has 0 N–H and O–H groups in total. The summed E-state index contributed by atoms with van der Waals surface area (Å²) >= 11 is 3.46. The number of carbonyl (C=O) groups is 1. The van der Waals surface area contributed by atoms with Gasteiger partial charge in [0.25, 0.3) is 0 Å². The van der Waals surface area contributed by atoms with Crippen molar-refractivity contribution in [1.82, 2.24) is 4.90 Å². The molecular formula is C12H22BrNO. The van der Waals surface area contributed by atoms with Crippen LogP contribution in [0.15, 0.2) is 0 Å². The molecule has 0 aromatic rings. The van der Waals surface area contributed by atoms with Gasteiger partial charge in [0.15, 0.2) is 0 Å². The SMILES string of the molecule is CCC(C)CC(=O)N1CCC(CCBr)C1. The summed E-state index contributed by atoms with van der Waals surface area (Å²) in [6.45, 7) is 6.27. The van der Waals surface area contributed by atoms with Gasteiger partial charge < -0.3 is 4.90 Å². The highest BCUT2D eigenvalue weighted by atomic mass is 79.9.